The summed E-state index contributed by atoms with van der Waals surface area (Å²) >= 11 is 0. The summed E-state index contributed by atoms with van der Waals surface area (Å²) in [6.45, 7) is 2.58. The van der Waals surface area contributed by atoms with Gasteiger partial charge in [0.15, 0.2) is 0 Å². The molecule has 1 heterocycles. The van der Waals surface area contributed by atoms with Crippen LogP contribution in [0.25, 0.3) is 22.4 Å². The molecule has 3 nitrogen and oxygen atoms in total. The molecular formula is C15H13F2N3. The number of fused-ring (bicyclic) bond motifs is 1. The standard InChI is InChI=1S/C15H13F2N3/c1-2-20-14-6-4-10(17)8-13(14)19-15(20)11-7-9(16)3-5-12(11)18/h3-8H,2,18H2,1H3. The normalized spacial score (nSPS) is 11.2. The van der Waals surface area contributed by atoms with Crippen molar-refractivity contribution in [3.8, 4) is 11.4 Å². The van der Waals surface area contributed by atoms with Crippen LogP contribution in [0.4, 0.5) is 14.5 Å². The van der Waals surface area contributed by atoms with Gasteiger partial charge in [-0.3, -0.25) is 0 Å². The number of nitrogen functional groups attached to an aromatic ring is 1. The molecule has 3 aromatic rings. The first-order chi connectivity index (χ1) is 9.60. The van der Waals surface area contributed by atoms with Gasteiger partial charge in [0.1, 0.15) is 17.5 Å². The van der Waals surface area contributed by atoms with Crippen LogP contribution < -0.4 is 5.73 Å². The van der Waals surface area contributed by atoms with Crippen molar-refractivity contribution in [2.75, 3.05) is 5.73 Å². The Morgan fingerprint density at radius 1 is 1.10 bits per heavy atom. The molecule has 102 valence electrons. The second-order valence-electron chi connectivity index (χ2n) is 4.54. The highest BCUT2D eigenvalue weighted by Gasteiger charge is 2.14. The van der Waals surface area contributed by atoms with E-state index in [1.165, 1.54) is 30.3 Å². The largest absolute Gasteiger partial charge is 0.398 e. The van der Waals surface area contributed by atoms with Gasteiger partial charge in [-0.1, -0.05) is 0 Å². The first-order valence-corrected chi connectivity index (χ1v) is 6.31. The Bertz CT molecular complexity index is 793. The summed E-state index contributed by atoms with van der Waals surface area (Å²) in [6.07, 6.45) is 0. The lowest BCUT2D eigenvalue weighted by molar-refractivity contribution is 0.628. The fourth-order valence-electron chi connectivity index (χ4n) is 2.35. The van der Waals surface area contributed by atoms with E-state index in [1.54, 1.807) is 6.07 Å². The predicted octanol–water partition coefficient (Wildman–Crippen LogP) is 3.58. The minimum atomic E-state index is -0.380. The maximum Gasteiger partial charge on any atom is 0.143 e. The van der Waals surface area contributed by atoms with Gasteiger partial charge in [-0.25, -0.2) is 13.8 Å². The summed E-state index contributed by atoms with van der Waals surface area (Å²) in [7, 11) is 0. The van der Waals surface area contributed by atoms with E-state index >= 15 is 0 Å². The van der Waals surface area contributed by atoms with Crippen LogP contribution in [-0.2, 0) is 6.54 Å². The van der Waals surface area contributed by atoms with E-state index < -0.39 is 0 Å². The molecule has 0 saturated carbocycles. The zero-order valence-electron chi connectivity index (χ0n) is 10.9. The second-order valence-corrected chi connectivity index (χ2v) is 4.54. The summed E-state index contributed by atoms with van der Waals surface area (Å²) < 4.78 is 28.6. The average molecular weight is 273 g/mol. The Morgan fingerprint density at radius 3 is 2.55 bits per heavy atom. The number of rotatable bonds is 2. The summed E-state index contributed by atoms with van der Waals surface area (Å²) in [4.78, 5) is 4.39. The highest BCUT2D eigenvalue weighted by atomic mass is 19.1. The van der Waals surface area contributed by atoms with Crippen LogP contribution in [0.2, 0.25) is 0 Å². The summed E-state index contributed by atoms with van der Waals surface area (Å²) in [5, 5.41) is 0. The first-order valence-electron chi connectivity index (χ1n) is 6.31. The average Bonchev–Trinajstić information content (AvgIpc) is 2.78. The van der Waals surface area contributed by atoms with Gasteiger partial charge >= 0.3 is 0 Å². The number of aromatic nitrogens is 2. The number of hydrogen-bond acceptors (Lipinski definition) is 2. The third-order valence-electron chi connectivity index (χ3n) is 3.28. The van der Waals surface area contributed by atoms with E-state index in [0.29, 0.717) is 29.1 Å². The van der Waals surface area contributed by atoms with Crippen molar-refractivity contribution >= 4 is 16.7 Å². The van der Waals surface area contributed by atoms with Gasteiger partial charge in [-0.15, -0.1) is 0 Å². The van der Waals surface area contributed by atoms with Crippen LogP contribution in [0.3, 0.4) is 0 Å². The molecule has 0 radical (unpaired) electrons. The monoisotopic (exact) mass is 273 g/mol. The SMILES string of the molecule is CCn1c(-c2cc(F)ccc2N)nc2cc(F)ccc21. The van der Waals surface area contributed by atoms with Crippen LogP contribution in [0.5, 0.6) is 0 Å². The Morgan fingerprint density at radius 2 is 1.80 bits per heavy atom. The van der Waals surface area contributed by atoms with Crippen molar-refractivity contribution in [3.05, 3.63) is 48.0 Å². The van der Waals surface area contributed by atoms with Gasteiger partial charge in [0, 0.05) is 23.9 Å². The zero-order chi connectivity index (χ0) is 14.3. The Hall–Kier alpha value is -2.43. The molecule has 0 saturated heterocycles. The van der Waals surface area contributed by atoms with Crippen LogP contribution in [0.1, 0.15) is 6.92 Å². The zero-order valence-corrected chi connectivity index (χ0v) is 10.9. The van der Waals surface area contributed by atoms with Crippen molar-refractivity contribution in [1.29, 1.82) is 0 Å². The lowest BCUT2D eigenvalue weighted by Gasteiger charge is -2.08. The molecule has 5 heteroatoms. The van der Waals surface area contributed by atoms with Crippen LogP contribution in [0.15, 0.2) is 36.4 Å². The molecule has 0 amide bonds. The smallest absolute Gasteiger partial charge is 0.143 e. The molecule has 0 atom stereocenters. The summed E-state index contributed by atoms with van der Waals surface area (Å²) in [6, 6.07) is 8.57. The molecule has 0 aliphatic rings. The highest BCUT2D eigenvalue weighted by molar-refractivity contribution is 5.83. The number of imidazole rings is 1. The second kappa shape index (κ2) is 4.59. The minimum Gasteiger partial charge on any atom is -0.398 e. The topological polar surface area (TPSA) is 43.8 Å². The Balaban J connectivity index is 2.32. The van der Waals surface area contributed by atoms with Gasteiger partial charge in [0.05, 0.1) is 11.0 Å². The van der Waals surface area contributed by atoms with E-state index in [0.717, 1.165) is 5.52 Å². The minimum absolute atomic E-state index is 0.350. The lowest BCUT2D eigenvalue weighted by Crippen LogP contribution is -2.00. The molecule has 0 aliphatic carbocycles. The fourth-order valence-corrected chi connectivity index (χ4v) is 2.35. The van der Waals surface area contributed by atoms with Gasteiger partial charge in [0.2, 0.25) is 0 Å². The number of nitrogens with two attached hydrogens (primary N) is 1. The fraction of sp³-hybridized carbons (Fsp3) is 0.133. The van der Waals surface area contributed by atoms with E-state index in [1.807, 2.05) is 11.5 Å². The third kappa shape index (κ3) is 1.91. The predicted molar refractivity (Wildman–Crippen MR) is 75.2 cm³/mol. The molecule has 20 heavy (non-hydrogen) atoms. The van der Waals surface area contributed by atoms with Gasteiger partial charge in [-0.2, -0.15) is 0 Å². The maximum atomic E-state index is 13.4. The quantitative estimate of drug-likeness (QED) is 0.725. The molecule has 0 aliphatic heterocycles. The summed E-state index contributed by atoms with van der Waals surface area (Å²) in [5.41, 5.74) is 8.19. The van der Waals surface area contributed by atoms with Gasteiger partial charge in [0.25, 0.3) is 0 Å². The first kappa shape index (κ1) is 12.6. The molecule has 0 unspecified atom stereocenters. The Kier molecular flexibility index (Phi) is 2.89. The Labute approximate surface area is 114 Å². The van der Waals surface area contributed by atoms with Crippen molar-refractivity contribution in [1.82, 2.24) is 9.55 Å². The summed E-state index contributed by atoms with van der Waals surface area (Å²) in [5.74, 6) is -0.183. The number of benzene rings is 2. The third-order valence-corrected chi connectivity index (χ3v) is 3.28. The lowest BCUT2D eigenvalue weighted by atomic mass is 10.1. The molecule has 2 aromatic carbocycles. The van der Waals surface area contributed by atoms with Gasteiger partial charge < -0.3 is 10.3 Å². The van der Waals surface area contributed by atoms with Crippen molar-refractivity contribution in [2.45, 2.75) is 13.5 Å². The molecule has 2 N–H and O–H groups in total. The number of hydrogen-bond donors (Lipinski definition) is 1. The van der Waals surface area contributed by atoms with Crippen LogP contribution in [-0.4, -0.2) is 9.55 Å². The van der Waals surface area contributed by atoms with Crippen molar-refractivity contribution < 1.29 is 8.78 Å². The number of halogens is 2. The van der Waals surface area contributed by atoms with Crippen molar-refractivity contribution in [2.24, 2.45) is 0 Å². The molecular weight excluding hydrogens is 260 g/mol. The molecule has 3 rings (SSSR count). The number of aryl methyl sites for hydroxylation is 1. The van der Waals surface area contributed by atoms with Crippen LogP contribution >= 0.6 is 0 Å². The number of anilines is 1. The van der Waals surface area contributed by atoms with E-state index in [2.05, 4.69) is 4.98 Å². The maximum absolute atomic E-state index is 13.4. The van der Waals surface area contributed by atoms with Crippen molar-refractivity contribution in [3.63, 3.8) is 0 Å². The van der Waals surface area contributed by atoms with Crippen LogP contribution in [0, 0.1) is 11.6 Å². The van der Waals surface area contributed by atoms with Gasteiger partial charge in [-0.05, 0) is 37.3 Å². The number of nitrogens with zero attached hydrogens (tertiary/aromatic N) is 2. The molecule has 0 bridgehead atoms. The van der Waals surface area contributed by atoms with E-state index in [4.69, 9.17) is 5.73 Å². The van der Waals surface area contributed by atoms with E-state index in [9.17, 15) is 8.78 Å². The molecule has 0 spiro atoms. The highest BCUT2D eigenvalue weighted by Crippen LogP contribution is 2.29. The van der Waals surface area contributed by atoms with E-state index in [-0.39, 0.29) is 11.6 Å². The molecule has 0 fully saturated rings. The molecule has 1 aromatic heterocycles.